The lowest BCUT2D eigenvalue weighted by Gasteiger charge is -2.38. The molecule has 1 aliphatic rings. The second-order valence-electron chi connectivity index (χ2n) is 7.58. The van der Waals surface area contributed by atoms with Gasteiger partial charge in [0.2, 0.25) is 6.29 Å². The fraction of sp³-hybridized carbons (Fsp3) is 0.500. The maximum atomic E-state index is 12.8. The highest BCUT2D eigenvalue weighted by Crippen LogP contribution is 2.48. The molecule has 6 atom stereocenters. The molecule has 1 aromatic carbocycles. The summed E-state index contributed by atoms with van der Waals surface area (Å²) in [7, 11) is 1.18. The van der Waals surface area contributed by atoms with Crippen molar-refractivity contribution < 1.29 is 67.5 Å². The van der Waals surface area contributed by atoms with Gasteiger partial charge in [-0.3, -0.25) is 19.2 Å². The zero-order chi connectivity index (χ0) is 30.3. The SMILES string of the molecule is [2H]CC(=O)OC(O)[C@H]1OC(SC[C@@H](C(=O)O)N(C)C(=O)c2ccccc2)[C@@](O)(OC(=O)C[2H])[C@@]1(O)OC(=O)C[2H]. The number of carbonyl (C=O) groups excluding carboxylic acids is 4. The van der Waals surface area contributed by atoms with E-state index in [2.05, 4.69) is 4.74 Å². The molecule has 14 nitrogen and oxygen atoms in total. The molecule has 204 valence electrons. The number of aliphatic hydroxyl groups excluding tert-OH is 1. The van der Waals surface area contributed by atoms with Crippen molar-refractivity contribution in [3.63, 3.8) is 0 Å². The van der Waals surface area contributed by atoms with Crippen LogP contribution in [0.15, 0.2) is 30.3 Å². The van der Waals surface area contributed by atoms with Gasteiger partial charge in [-0.05, 0) is 12.1 Å². The lowest BCUT2D eigenvalue weighted by molar-refractivity contribution is -0.358. The van der Waals surface area contributed by atoms with Gasteiger partial charge in [0, 0.05) is 43.2 Å². The van der Waals surface area contributed by atoms with Gasteiger partial charge in [-0.1, -0.05) is 18.2 Å². The Labute approximate surface area is 219 Å². The number of carbonyl (C=O) groups is 5. The average molecular weight is 549 g/mol. The highest BCUT2D eigenvalue weighted by atomic mass is 32.2. The summed E-state index contributed by atoms with van der Waals surface area (Å²) in [6, 6.07) is 6.00. The van der Waals surface area contributed by atoms with E-state index in [1.807, 2.05) is 0 Å². The number of likely N-dealkylation sites (N-methyl/N-ethyl adjacent to an activating group) is 1. The number of carboxylic acids is 1. The van der Waals surface area contributed by atoms with E-state index in [9.17, 15) is 44.4 Å². The van der Waals surface area contributed by atoms with Gasteiger partial charge in [0.25, 0.3) is 5.91 Å². The standard InChI is InChI=1S/C22H27NO13S/c1-11(24)33-19(30)16-21(31,35-12(2)25)22(32,36-13(3)26)20(34-16)37-10-15(18(28)29)23(4)17(27)14-8-6-5-7-9-14/h5-9,15-16,19-20,30-32H,10H2,1-4H3,(H,28,29)/t15-,16+,19?,20?,21-,22+/m0/s1/i1D,2D,3D. The Morgan fingerprint density at radius 3 is 2.16 bits per heavy atom. The number of carboxylic acid groups (broad SMARTS) is 1. The molecule has 2 rings (SSSR count). The largest absolute Gasteiger partial charge is 0.480 e. The third-order valence-corrected chi connectivity index (χ3v) is 6.28. The van der Waals surface area contributed by atoms with Crippen LogP contribution in [0.2, 0.25) is 0 Å². The number of hydrogen-bond donors (Lipinski definition) is 4. The minimum absolute atomic E-state index is 0.148. The second-order valence-corrected chi connectivity index (χ2v) is 8.67. The van der Waals surface area contributed by atoms with Gasteiger partial charge >= 0.3 is 35.5 Å². The number of benzene rings is 1. The molecule has 15 heteroatoms. The molecule has 0 aliphatic carbocycles. The van der Waals surface area contributed by atoms with Gasteiger partial charge in [-0.25, -0.2) is 4.79 Å². The Hall–Kier alpha value is -3.24. The van der Waals surface area contributed by atoms with Crippen molar-refractivity contribution in [1.82, 2.24) is 4.90 Å². The minimum Gasteiger partial charge on any atom is -0.480 e. The third kappa shape index (κ3) is 6.56. The number of ether oxygens (including phenoxy) is 4. The second kappa shape index (κ2) is 11.9. The fourth-order valence-electron chi connectivity index (χ4n) is 3.35. The number of aliphatic carboxylic acids is 1. The summed E-state index contributed by atoms with van der Waals surface area (Å²) in [5, 5.41) is 42.7. The Kier molecular flexibility index (Phi) is 8.15. The van der Waals surface area contributed by atoms with Crippen LogP contribution in [-0.4, -0.2) is 103 Å². The van der Waals surface area contributed by atoms with Crippen molar-refractivity contribution in [2.75, 3.05) is 12.8 Å². The summed E-state index contributed by atoms with van der Waals surface area (Å²) in [5.74, 6) is -14.2. The zero-order valence-electron chi connectivity index (χ0n) is 22.3. The van der Waals surface area contributed by atoms with Crippen molar-refractivity contribution in [3.8, 4) is 0 Å². The molecule has 1 fully saturated rings. The lowest BCUT2D eigenvalue weighted by Crippen LogP contribution is -2.65. The Bertz CT molecular complexity index is 1100. The Morgan fingerprint density at radius 2 is 1.62 bits per heavy atom. The summed E-state index contributed by atoms with van der Waals surface area (Å²) in [6.45, 7) is -3.28. The number of amides is 1. The van der Waals surface area contributed by atoms with Crippen molar-refractivity contribution in [3.05, 3.63) is 35.9 Å². The topological polar surface area (TPSA) is 206 Å². The van der Waals surface area contributed by atoms with Gasteiger partial charge in [0.1, 0.15) is 6.04 Å². The predicted molar refractivity (Wildman–Crippen MR) is 122 cm³/mol. The molecule has 1 heterocycles. The van der Waals surface area contributed by atoms with E-state index in [-0.39, 0.29) is 5.56 Å². The highest BCUT2D eigenvalue weighted by molar-refractivity contribution is 7.99. The Morgan fingerprint density at radius 1 is 1.05 bits per heavy atom. The van der Waals surface area contributed by atoms with Gasteiger partial charge in [0.15, 0.2) is 11.5 Å². The molecular weight excluding hydrogens is 518 g/mol. The smallest absolute Gasteiger partial charge is 0.327 e. The van der Waals surface area contributed by atoms with Crippen LogP contribution in [-0.2, 0) is 38.1 Å². The van der Waals surface area contributed by atoms with Crippen molar-refractivity contribution in [2.45, 2.75) is 56.1 Å². The molecule has 1 aliphatic heterocycles. The Balaban J connectivity index is 2.46. The number of rotatable bonds is 10. The number of aliphatic hydroxyl groups is 3. The van der Waals surface area contributed by atoms with Crippen molar-refractivity contribution in [2.24, 2.45) is 0 Å². The van der Waals surface area contributed by atoms with Crippen LogP contribution in [0.3, 0.4) is 0 Å². The van der Waals surface area contributed by atoms with Gasteiger partial charge < -0.3 is 44.3 Å². The maximum Gasteiger partial charge on any atom is 0.327 e. The first-order valence-electron chi connectivity index (χ1n) is 12.3. The van der Waals surface area contributed by atoms with E-state index >= 15 is 0 Å². The van der Waals surface area contributed by atoms with E-state index in [1.165, 1.54) is 19.2 Å². The maximum absolute atomic E-state index is 12.8. The summed E-state index contributed by atoms with van der Waals surface area (Å²) >= 11 is 0.331. The lowest BCUT2D eigenvalue weighted by atomic mass is 10.0. The summed E-state index contributed by atoms with van der Waals surface area (Å²) < 4.78 is 40.7. The predicted octanol–water partition coefficient (Wildman–Crippen LogP) is -0.945. The van der Waals surface area contributed by atoms with Gasteiger partial charge in [0.05, 0.1) is 0 Å². The van der Waals surface area contributed by atoms with Crippen molar-refractivity contribution in [1.29, 1.82) is 0 Å². The van der Waals surface area contributed by atoms with Crippen LogP contribution >= 0.6 is 11.8 Å². The average Bonchev–Trinajstić information content (AvgIpc) is 3.13. The minimum atomic E-state index is -3.57. The van der Waals surface area contributed by atoms with Crippen LogP contribution < -0.4 is 0 Å². The molecule has 0 radical (unpaired) electrons. The monoisotopic (exact) mass is 548 g/mol. The first-order valence-corrected chi connectivity index (χ1v) is 11.3. The van der Waals surface area contributed by atoms with Crippen LogP contribution in [0, 0.1) is 0 Å². The van der Waals surface area contributed by atoms with Crippen LogP contribution in [0.25, 0.3) is 0 Å². The molecule has 1 amide bonds. The van der Waals surface area contributed by atoms with E-state index in [0.717, 1.165) is 4.90 Å². The van der Waals surface area contributed by atoms with E-state index in [4.69, 9.17) is 18.3 Å². The first-order chi connectivity index (χ1) is 18.7. The molecular formula is C22H27NO13S. The van der Waals surface area contributed by atoms with Crippen LogP contribution in [0.1, 0.15) is 35.2 Å². The zero-order valence-corrected chi connectivity index (χ0v) is 20.2. The summed E-state index contributed by atoms with van der Waals surface area (Å²) in [5.41, 5.74) is -1.95. The summed E-state index contributed by atoms with van der Waals surface area (Å²) in [6.07, 6.45) is -4.97. The highest BCUT2D eigenvalue weighted by Gasteiger charge is 2.74. The fourth-order valence-corrected chi connectivity index (χ4v) is 4.72. The van der Waals surface area contributed by atoms with Gasteiger partial charge in [-0.2, -0.15) is 0 Å². The molecule has 1 aromatic rings. The van der Waals surface area contributed by atoms with Crippen LogP contribution in [0.4, 0.5) is 0 Å². The van der Waals surface area contributed by atoms with Crippen molar-refractivity contribution >= 4 is 41.5 Å². The quantitative estimate of drug-likeness (QED) is 0.158. The van der Waals surface area contributed by atoms with E-state index in [1.54, 1.807) is 18.2 Å². The first kappa shape index (κ1) is 25.4. The molecule has 0 saturated carbocycles. The molecule has 4 N–H and O–H groups in total. The molecule has 37 heavy (non-hydrogen) atoms. The van der Waals surface area contributed by atoms with E-state index in [0.29, 0.717) is 11.8 Å². The summed E-state index contributed by atoms with van der Waals surface area (Å²) in [4.78, 5) is 61.2. The van der Waals surface area contributed by atoms with E-state index < -0.39 is 91.7 Å². The molecule has 0 bridgehead atoms. The molecule has 0 spiro atoms. The molecule has 2 unspecified atom stereocenters. The molecule has 1 saturated heterocycles. The number of hydrogen-bond acceptors (Lipinski definition) is 13. The normalized spacial score (nSPS) is 27.5. The number of thioether (sulfide) groups is 1. The number of esters is 3. The van der Waals surface area contributed by atoms with Crippen LogP contribution in [0.5, 0.6) is 0 Å². The third-order valence-electron chi connectivity index (χ3n) is 5.04. The molecule has 0 aromatic heterocycles. The van der Waals surface area contributed by atoms with Gasteiger partial charge in [-0.15, -0.1) is 11.8 Å². The number of nitrogens with zero attached hydrogens (tertiary/aromatic N) is 1.